The summed E-state index contributed by atoms with van der Waals surface area (Å²) >= 11 is 0. The van der Waals surface area contributed by atoms with E-state index in [1.807, 2.05) is 0 Å². The molecule has 1 heterocycles. The third-order valence-electron chi connectivity index (χ3n) is 4.30. The number of rotatable bonds is 4. The van der Waals surface area contributed by atoms with Crippen LogP contribution in [0.25, 0.3) is 0 Å². The van der Waals surface area contributed by atoms with Crippen molar-refractivity contribution in [1.29, 1.82) is 0 Å². The summed E-state index contributed by atoms with van der Waals surface area (Å²) < 4.78 is 52.9. The van der Waals surface area contributed by atoms with Crippen LogP contribution in [-0.2, 0) is 14.8 Å². The van der Waals surface area contributed by atoms with Crippen molar-refractivity contribution in [3.63, 3.8) is 0 Å². The van der Waals surface area contributed by atoms with Gasteiger partial charge >= 0.3 is 0 Å². The first-order chi connectivity index (χ1) is 12.4. The minimum Gasteiger partial charge on any atom is -0.326 e. The second kappa shape index (κ2) is 7.51. The minimum absolute atomic E-state index is 0.00918. The lowest BCUT2D eigenvalue weighted by Gasteiger charge is -2.31. The van der Waals surface area contributed by atoms with E-state index in [1.54, 1.807) is 6.07 Å². The number of sulfonamides is 1. The maximum absolute atomic E-state index is 13.2. The summed E-state index contributed by atoms with van der Waals surface area (Å²) in [5.74, 6) is -1.88. The number of hydrogen-bond acceptors (Lipinski definition) is 3. The largest absolute Gasteiger partial charge is 0.326 e. The lowest BCUT2D eigenvalue weighted by molar-refractivity contribution is -0.120. The molecular formula is C18H18F2N2O3S. The molecule has 1 saturated heterocycles. The zero-order chi connectivity index (χ0) is 18.7. The molecule has 1 unspecified atom stereocenters. The van der Waals surface area contributed by atoms with Gasteiger partial charge in [-0.05, 0) is 55.3 Å². The maximum Gasteiger partial charge on any atom is 0.243 e. The van der Waals surface area contributed by atoms with Crippen LogP contribution in [0, 0.1) is 17.6 Å². The highest BCUT2D eigenvalue weighted by Gasteiger charge is 2.33. The van der Waals surface area contributed by atoms with Crippen molar-refractivity contribution in [2.75, 3.05) is 18.4 Å². The molecule has 0 saturated carbocycles. The maximum atomic E-state index is 13.2. The van der Waals surface area contributed by atoms with E-state index < -0.39 is 27.6 Å². The molecular weight excluding hydrogens is 362 g/mol. The van der Waals surface area contributed by atoms with E-state index in [0.717, 1.165) is 12.1 Å². The van der Waals surface area contributed by atoms with Crippen molar-refractivity contribution >= 4 is 21.6 Å². The van der Waals surface area contributed by atoms with E-state index in [2.05, 4.69) is 5.32 Å². The highest BCUT2D eigenvalue weighted by atomic mass is 32.2. The van der Waals surface area contributed by atoms with Gasteiger partial charge in [-0.15, -0.1) is 0 Å². The molecule has 2 aromatic rings. The van der Waals surface area contributed by atoms with Crippen LogP contribution in [0.3, 0.4) is 0 Å². The average molecular weight is 380 g/mol. The Morgan fingerprint density at radius 3 is 2.50 bits per heavy atom. The fraction of sp³-hybridized carbons (Fsp3) is 0.278. The number of benzene rings is 2. The Kier molecular flexibility index (Phi) is 5.33. The van der Waals surface area contributed by atoms with Crippen molar-refractivity contribution in [2.45, 2.75) is 17.7 Å². The molecule has 1 aliphatic rings. The molecule has 3 rings (SSSR count). The summed E-state index contributed by atoms with van der Waals surface area (Å²) in [6, 6.07) is 10.1. The van der Waals surface area contributed by atoms with Crippen LogP contribution in [0.2, 0.25) is 0 Å². The summed E-state index contributed by atoms with van der Waals surface area (Å²) in [5, 5.41) is 2.62. The first kappa shape index (κ1) is 18.5. The van der Waals surface area contributed by atoms with Gasteiger partial charge in [-0.3, -0.25) is 4.79 Å². The van der Waals surface area contributed by atoms with Gasteiger partial charge in [-0.2, -0.15) is 4.31 Å². The summed E-state index contributed by atoms with van der Waals surface area (Å²) in [5.41, 5.74) is 0.327. The van der Waals surface area contributed by atoms with Crippen molar-refractivity contribution < 1.29 is 22.0 Å². The molecule has 0 aromatic heterocycles. The van der Waals surface area contributed by atoms with E-state index in [4.69, 9.17) is 0 Å². The number of hydrogen-bond donors (Lipinski definition) is 1. The number of amides is 1. The van der Waals surface area contributed by atoms with Crippen LogP contribution in [-0.4, -0.2) is 31.7 Å². The predicted octanol–water partition coefficient (Wildman–Crippen LogP) is 3.00. The van der Waals surface area contributed by atoms with Gasteiger partial charge < -0.3 is 5.32 Å². The third-order valence-corrected chi connectivity index (χ3v) is 6.18. The van der Waals surface area contributed by atoms with Gasteiger partial charge in [0.1, 0.15) is 11.6 Å². The highest BCUT2D eigenvalue weighted by molar-refractivity contribution is 7.89. The zero-order valence-corrected chi connectivity index (χ0v) is 14.7. The lowest BCUT2D eigenvalue weighted by atomic mass is 9.99. The fourth-order valence-electron chi connectivity index (χ4n) is 2.94. The van der Waals surface area contributed by atoms with Crippen molar-refractivity contribution in [2.24, 2.45) is 5.92 Å². The Hall–Kier alpha value is -2.32. The molecule has 26 heavy (non-hydrogen) atoms. The van der Waals surface area contributed by atoms with Gasteiger partial charge in [0.2, 0.25) is 15.9 Å². The Balaban J connectivity index is 1.72. The molecule has 5 nitrogen and oxygen atoms in total. The Bertz CT molecular complexity index is 901. The molecule has 1 aliphatic heterocycles. The number of nitrogens with zero attached hydrogens (tertiary/aromatic N) is 1. The van der Waals surface area contributed by atoms with Crippen LogP contribution in [0.5, 0.6) is 0 Å². The Morgan fingerprint density at radius 2 is 1.81 bits per heavy atom. The standard InChI is InChI=1S/C18H18F2N2O3S/c19-14-6-8-17(9-7-14)26(24,25)22-10-2-3-13(12-22)18(23)21-16-5-1-4-15(20)11-16/h1,4-9,11,13H,2-3,10,12H2,(H,21,23). The van der Waals surface area contributed by atoms with Crippen LogP contribution < -0.4 is 5.32 Å². The number of carbonyl (C=O) groups excluding carboxylic acids is 1. The quantitative estimate of drug-likeness (QED) is 0.887. The molecule has 1 atom stereocenters. The number of anilines is 1. The predicted molar refractivity (Wildman–Crippen MR) is 92.9 cm³/mol. The van der Waals surface area contributed by atoms with Crippen molar-refractivity contribution in [1.82, 2.24) is 4.31 Å². The lowest BCUT2D eigenvalue weighted by Crippen LogP contribution is -2.43. The SMILES string of the molecule is O=C(Nc1cccc(F)c1)C1CCCN(S(=O)(=O)c2ccc(F)cc2)C1. The van der Waals surface area contributed by atoms with Gasteiger partial charge in [0.25, 0.3) is 0 Å². The van der Waals surface area contributed by atoms with Crippen molar-refractivity contribution in [3.8, 4) is 0 Å². The van der Waals surface area contributed by atoms with E-state index in [1.165, 1.54) is 34.6 Å². The number of carbonyl (C=O) groups is 1. The van der Waals surface area contributed by atoms with Gasteiger partial charge in [-0.25, -0.2) is 17.2 Å². The molecule has 1 fully saturated rings. The number of piperidine rings is 1. The molecule has 0 radical (unpaired) electrons. The third kappa shape index (κ3) is 4.08. The van der Waals surface area contributed by atoms with E-state index in [9.17, 15) is 22.0 Å². The van der Waals surface area contributed by atoms with Gasteiger partial charge in [0, 0.05) is 18.8 Å². The molecule has 138 valence electrons. The summed E-state index contributed by atoms with van der Waals surface area (Å²) in [4.78, 5) is 12.4. The second-order valence-corrected chi connectivity index (χ2v) is 8.09. The number of nitrogens with one attached hydrogen (secondary N) is 1. The Morgan fingerprint density at radius 1 is 1.08 bits per heavy atom. The summed E-state index contributed by atoms with van der Waals surface area (Å²) in [6.07, 6.45) is 1.07. The normalized spacial score (nSPS) is 18.5. The molecule has 8 heteroatoms. The molecule has 0 bridgehead atoms. The number of halogens is 2. The monoisotopic (exact) mass is 380 g/mol. The van der Waals surface area contributed by atoms with E-state index in [-0.39, 0.29) is 17.3 Å². The smallest absolute Gasteiger partial charge is 0.243 e. The fourth-order valence-corrected chi connectivity index (χ4v) is 4.46. The minimum atomic E-state index is -3.80. The molecule has 2 aromatic carbocycles. The molecule has 1 N–H and O–H groups in total. The van der Waals surface area contributed by atoms with Crippen LogP contribution in [0.4, 0.5) is 14.5 Å². The zero-order valence-electron chi connectivity index (χ0n) is 13.9. The van der Waals surface area contributed by atoms with Gasteiger partial charge in [0.05, 0.1) is 10.8 Å². The molecule has 0 spiro atoms. The Labute approximate surface area is 150 Å². The van der Waals surface area contributed by atoms with Gasteiger partial charge in [-0.1, -0.05) is 6.07 Å². The van der Waals surface area contributed by atoms with Crippen LogP contribution >= 0.6 is 0 Å². The highest BCUT2D eigenvalue weighted by Crippen LogP contribution is 2.25. The average Bonchev–Trinajstić information content (AvgIpc) is 2.62. The summed E-state index contributed by atoms with van der Waals surface area (Å²) in [6.45, 7) is 0.324. The molecule has 0 aliphatic carbocycles. The van der Waals surface area contributed by atoms with E-state index >= 15 is 0 Å². The van der Waals surface area contributed by atoms with Crippen LogP contribution in [0.1, 0.15) is 12.8 Å². The topological polar surface area (TPSA) is 66.5 Å². The van der Waals surface area contributed by atoms with E-state index in [0.29, 0.717) is 25.1 Å². The van der Waals surface area contributed by atoms with Crippen molar-refractivity contribution in [3.05, 3.63) is 60.2 Å². The first-order valence-electron chi connectivity index (χ1n) is 8.18. The first-order valence-corrected chi connectivity index (χ1v) is 9.62. The molecule has 1 amide bonds. The van der Waals surface area contributed by atoms with Gasteiger partial charge in [0.15, 0.2) is 0 Å². The van der Waals surface area contributed by atoms with Crippen LogP contribution in [0.15, 0.2) is 53.4 Å². The summed E-state index contributed by atoms with van der Waals surface area (Å²) in [7, 11) is -3.80. The second-order valence-electron chi connectivity index (χ2n) is 6.16.